The van der Waals surface area contributed by atoms with Crippen molar-refractivity contribution in [2.45, 2.75) is 25.9 Å². The van der Waals surface area contributed by atoms with Gasteiger partial charge in [-0.25, -0.2) is 0 Å². The first-order valence-electron chi connectivity index (χ1n) is 10.7. The Kier molecular flexibility index (Phi) is 7.48. The van der Waals surface area contributed by atoms with Crippen molar-refractivity contribution in [2.24, 2.45) is 0 Å². The lowest BCUT2D eigenvalue weighted by atomic mass is 10.1. The Balaban J connectivity index is 1.31. The third-order valence-electron chi connectivity index (χ3n) is 5.28. The third kappa shape index (κ3) is 6.27. The first-order chi connectivity index (χ1) is 15.3. The van der Waals surface area contributed by atoms with Gasteiger partial charge in [-0.1, -0.05) is 48.0 Å². The molecule has 0 bridgehead atoms. The molecule has 4 rings (SSSR count). The van der Waals surface area contributed by atoms with Crippen molar-refractivity contribution < 1.29 is 0 Å². The summed E-state index contributed by atoms with van der Waals surface area (Å²) in [6, 6.07) is 24.6. The molecule has 2 aromatic heterocycles. The maximum Gasteiger partial charge on any atom is 0.0737 e. The van der Waals surface area contributed by atoms with Crippen LogP contribution in [0, 0.1) is 0 Å². The molecule has 0 aliphatic rings. The smallest absolute Gasteiger partial charge is 0.0737 e. The number of anilines is 1. The SMILES string of the molecule is Clc1ccc2c(NCCCCN(Cc3ccccc3)Cc3ccccn3)ccnc2c1. The van der Waals surface area contributed by atoms with Gasteiger partial charge < -0.3 is 5.32 Å². The summed E-state index contributed by atoms with van der Waals surface area (Å²) in [6.07, 6.45) is 5.90. The van der Waals surface area contributed by atoms with Crippen LogP contribution in [0.5, 0.6) is 0 Å². The average molecular weight is 431 g/mol. The molecule has 158 valence electrons. The highest BCUT2D eigenvalue weighted by Crippen LogP contribution is 2.24. The maximum absolute atomic E-state index is 6.09. The molecule has 0 aliphatic carbocycles. The van der Waals surface area contributed by atoms with E-state index >= 15 is 0 Å². The highest BCUT2D eigenvalue weighted by atomic mass is 35.5. The number of unbranched alkanes of at least 4 members (excludes halogenated alkanes) is 1. The average Bonchev–Trinajstić information content (AvgIpc) is 2.80. The van der Waals surface area contributed by atoms with Gasteiger partial charge in [-0.3, -0.25) is 14.9 Å². The van der Waals surface area contributed by atoms with Gasteiger partial charge in [0, 0.05) is 48.1 Å². The molecule has 5 heteroatoms. The van der Waals surface area contributed by atoms with Crippen molar-refractivity contribution >= 4 is 28.2 Å². The van der Waals surface area contributed by atoms with Gasteiger partial charge in [0.2, 0.25) is 0 Å². The Hall–Kier alpha value is -2.95. The lowest BCUT2D eigenvalue weighted by molar-refractivity contribution is 0.249. The van der Waals surface area contributed by atoms with Crippen LogP contribution in [0.15, 0.2) is 85.2 Å². The number of nitrogens with zero attached hydrogens (tertiary/aromatic N) is 3. The van der Waals surface area contributed by atoms with Crippen LogP contribution in [0.1, 0.15) is 24.1 Å². The number of hydrogen-bond donors (Lipinski definition) is 1. The molecule has 0 radical (unpaired) electrons. The monoisotopic (exact) mass is 430 g/mol. The molecule has 0 unspecified atom stereocenters. The quantitative estimate of drug-likeness (QED) is 0.305. The zero-order chi connectivity index (χ0) is 21.3. The van der Waals surface area contributed by atoms with Gasteiger partial charge in [0.05, 0.1) is 11.2 Å². The predicted molar refractivity (Wildman–Crippen MR) is 129 cm³/mol. The van der Waals surface area contributed by atoms with Crippen LogP contribution in [0.4, 0.5) is 5.69 Å². The van der Waals surface area contributed by atoms with E-state index in [2.05, 4.69) is 62.6 Å². The Morgan fingerprint density at radius 1 is 0.806 bits per heavy atom. The molecular formula is C26H27ClN4. The van der Waals surface area contributed by atoms with Crippen molar-refractivity contribution in [2.75, 3.05) is 18.4 Å². The Morgan fingerprint density at radius 2 is 1.68 bits per heavy atom. The largest absolute Gasteiger partial charge is 0.384 e. The van der Waals surface area contributed by atoms with E-state index in [9.17, 15) is 0 Å². The molecule has 4 nitrogen and oxygen atoms in total. The van der Waals surface area contributed by atoms with E-state index in [1.165, 1.54) is 5.56 Å². The van der Waals surface area contributed by atoms with Crippen LogP contribution in [0.25, 0.3) is 10.9 Å². The van der Waals surface area contributed by atoms with Gasteiger partial charge in [0.15, 0.2) is 0 Å². The molecular weight excluding hydrogens is 404 g/mol. The highest BCUT2D eigenvalue weighted by Gasteiger charge is 2.08. The summed E-state index contributed by atoms with van der Waals surface area (Å²) in [4.78, 5) is 11.4. The van der Waals surface area contributed by atoms with Gasteiger partial charge in [-0.2, -0.15) is 0 Å². The fourth-order valence-electron chi connectivity index (χ4n) is 3.74. The zero-order valence-electron chi connectivity index (χ0n) is 17.5. The number of halogens is 1. The van der Waals surface area contributed by atoms with Crippen molar-refractivity contribution in [1.82, 2.24) is 14.9 Å². The van der Waals surface area contributed by atoms with Crippen LogP contribution >= 0.6 is 11.6 Å². The number of rotatable bonds is 10. The van der Waals surface area contributed by atoms with Crippen molar-refractivity contribution in [3.8, 4) is 0 Å². The normalized spacial score (nSPS) is 11.2. The summed E-state index contributed by atoms with van der Waals surface area (Å²) in [6.45, 7) is 3.74. The molecule has 0 saturated heterocycles. The van der Waals surface area contributed by atoms with E-state index in [-0.39, 0.29) is 0 Å². The van der Waals surface area contributed by atoms with Crippen LogP contribution in [-0.2, 0) is 13.1 Å². The molecule has 0 aliphatic heterocycles. The van der Waals surface area contributed by atoms with E-state index in [4.69, 9.17) is 11.6 Å². The van der Waals surface area contributed by atoms with Crippen LogP contribution in [0.3, 0.4) is 0 Å². The number of aromatic nitrogens is 2. The second kappa shape index (κ2) is 10.9. The number of pyridine rings is 2. The fourth-order valence-corrected chi connectivity index (χ4v) is 3.90. The summed E-state index contributed by atoms with van der Waals surface area (Å²) in [5.41, 5.74) is 4.47. The van der Waals surface area contributed by atoms with Gasteiger partial charge in [-0.15, -0.1) is 0 Å². The summed E-state index contributed by atoms with van der Waals surface area (Å²) in [5.74, 6) is 0. The topological polar surface area (TPSA) is 41.0 Å². The maximum atomic E-state index is 6.09. The van der Waals surface area contributed by atoms with Crippen molar-refractivity contribution in [3.05, 3.63) is 101 Å². The molecule has 4 aromatic rings. The lowest BCUT2D eigenvalue weighted by Gasteiger charge is -2.22. The second-order valence-electron chi connectivity index (χ2n) is 7.67. The molecule has 2 heterocycles. The lowest BCUT2D eigenvalue weighted by Crippen LogP contribution is -2.25. The summed E-state index contributed by atoms with van der Waals surface area (Å²) < 4.78 is 0. The number of fused-ring (bicyclic) bond motifs is 1. The van der Waals surface area contributed by atoms with Gasteiger partial charge in [-0.05, 0) is 61.3 Å². The number of hydrogen-bond acceptors (Lipinski definition) is 4. The summed E-state index contributed by atoms with van der Waals surface area (Å²) >= 11 is 6.09. The molecule has 1 N–H and O–H groups in total. The number of nitrogens with one attached hydrogen (secondary N) is 1. The minimum atomic E-state index is 0.712. The molecule has 0 saturated carbocycles. The predicted octanol–water partition coefficient (Wildman–Crippen LogP) is 6.18. The number of benzene rings is 2. The van der Waals surface area contributed by atoms with Crippen LogP contribution in [0.2, 0.25) is 5.02 Å². The van der Waals surface area contributed by atoms with E-state index in [0.717, 1.165) is 61.3 Å². The zero-order valence-corrected chi connectivity index (χ0v) is 18.3. The van der Waals surface area contributed by atoms with Crippen LogP contribution < -0.4 is 5.32 Å². The second-order valence-corrected chi connectivity index (χ2v) is 8.11. The first kappa shape index (κ1) is 21.3. The van der Waals surface area contributed by atoms with Gasteiger partial charge >= 0.3 is 0 Å². The summed E-state index contributed by atoms with van der Waals surface area (Å²) in [7, 11) is 0. The standard InChI is InChI=1S/C26H27ClN4/c27-22-11-12-24-25(13-16-30-26(24)18-22)29-15-6-7-17-31(19-21-8-2-1-3-9-21)20-23-10-4-5-14-28-23/h1-5,8-14,16,18H,6-7,15,17,19-20H2,(H,29,30). The third-order valence-corrected chi connectivity index (χ3v) is 5.52. The van der Waals surface area contributed by atoms with E-state index in [1.807, 2.05) is 42.7 Å². The minimum absolute atomic E-state index is 0.712. The van der Waals surface area contributed by atoms with E-state index in [1.54, 1.807) is 0 Å². The molecule has 0 spiro atoms. The van der Waals surface area contributed by atoms with Crippen LogP contribution in [-0.4, -0.2) is 28.0 Å². The molecule has 0 atom stereocenters. The van der Waals surface area contributed by atoms with Crippen molar-refractivity contribution in [3.63, 3.8) is 0 Å². The van der Waals surface area contributed by atoms with E-state index in [0.29, 0.717) is 5.02 Å². The van der Waals surface area contributed by atoms with Gasteiger partial charge in [0.1, 0.15) is 0 Å². The molecule has 2 aromatic carbocycles. The minimum Gasteiger partial charge on any atom is -0.384 e. The Labute approximate surface area is 188 Å². The Morgan fingerprint density at radius 3 is 2.52 bits per heavy atom. The first-order valence-corrected chi connectivity index (χ1v) is 11.1. The molecule has 0 amide bonds. The fraction of sp³-hybridized carbons (Fsp3) is 0.231. The van der Waals surface area contributed by atoms with Gasteiger partial charge in [0.25, 0.3) is 0 Å². The summed E-state index contributed by atoms with van der Waals surface area (Å²) in [5, 5.41) is 5.38. The van der Waals surface area contributed by atoms with E-state index < -0.39 is 0 Å². The molecule has 0 fully saturated rings. The molecule has 31 heavy (non-hydrogen) atoms. The van der Waals surface area contributed by atoms with Crippen molar-refractivity contribution in [1.29, 1.82) is 0 Å². The highest BCUT2D eigenvalue weighted by molar-refractivity contribution is 6.31. The Bertz CT molecular complexity index is 1040.